The summed E-state index contributed by atoms with van der Waals surface area (Å²) in [4.78, 5) is 35.6. The fourth-order valence-electron chi connectivity index (χ4n) is 3.95. The van der Waals surface area contributed by atoms with Crippen molar-refractivity contribution in [2.45, 2.75) is 42.8 Å². The third-order valence-electron chi connectivity index (χ3n) is 5.88. The van der Waals surface area contributed by atoms with E-state index in [-0.39, 0.29) is 27.8 Å². The number of hydrogen-bond acceptors (Lipinski definition) is 9. The molecule has 38 heavy (non-hydrogen) atoms. The van der Waals surface area contributed by atoms with E-state index in [2.05, 4.69) is 15.0 Å². The van der Waals surface area contributed by atoms with Crippen molar-refractivity contribution in [2.24, 2.45) is 0 Å². The second-order valence-electron chi connectivity index (χ2n) is 8.33. The molecule has 0 spiro atoms. The van der Waals surface area contributed by atoms with Gasteiger partial charge in [0.25, 0.3) is 5.60 Å². The Labute approximate surface area is 214 Å². The minimum absolute atomic E-state index is 0.0427. The molecule has 1 fully saturated rings. The molecule has 12 nitrogen and oxygen atoms in total. The number of benzene rings is 1. The van der Waals surface area contributed by atoms with Gasteiger partial charge in [-0.3, -0.25) is 4.57 Å². The summed E-state index contributed by atoms with van der Waals surface area (Å²) >= 11 is 5.79. The molecule has 0 bridgehead atoms. The summed E-state index contributed by atoms with van der Waals surface area (Å²) in [5.41, 5.74) is 1.20. The van der Waals surface area contributed by atoms with E-state index in [4.69, 9.17) is 26.8 Å². The molecule has 5 N–H and O–H groups in total. The number of carbonyl (C=O) groups is 2. The van der Waals surface area contributed by atoms with Crippen LogP contribution in [0.2, 0.25) is 5.28 Å². The normalized spacial score (nSPS) is 22.2. The summed E-state index contributed by atoms with van der Waals surface area (Å²) in [5, 5.41) is 29.5. The molecule has 0 aliphatic carbocycles. The van der Waals surface area contributed by atoms with Crippen molar-refractivity contribution in [1.82, 2.24) is 19.5 Å². The number of ether oxygens (including phenoxy) is 2. The molecule has 0 amide bonds. The molecule has 204 valence electrons. The highest BCUT2D eigenvalue weighted by Gasteiger charge is 2.52. The van der Waals surface area contributed by atoms with Gasteiger partial charge < -0.3 is 30.5 Å². The van der Waals surface area contributed by atoms with Gasteiger partial charge >= 0.3 is 18.1 Å². The Morgan fingerprint density at radius 2 is 1.89 bits per heavy atom. The van der Waals surface area contributed by atoms with Gasteiger partial charge in [-0.2, -0.15) is 23.1 Å². The van der Waals surface area contributed by atoms with E-state index in [1.807, 2.05) is 0 Å². The van der Waals surface area contributed by atoms with Gasteiger partial charge in [-0.1, -0.05) is 18.2 Å². The van der Waals surface area contributed by atoms with Crippen molar-refractivity contribution in [1.29, 1.82) is 0 Å². The van der Waals surface area contributed by atoms with E-state index in [0.29, 0.717) is 6.07 Å². The van der Waals surface area contributed by atoms with Crippen LogP contribution in [-0.4, -0.2) is 77.4 Å². The zero-order valence-electron chi connectivity index (χ0n) is 18.8. The van der Waals surface area contributed by atoms with Crippen LogP contribution in [0.25, 0.3) is 11.2 Å². The lowest BCUT2D eigenvalue weighted by Gasteiger charge is -2.27. The van der Waals surface area contributed by atoms with Gasteiger partial charge in [0.15, 0.2) is 23.9 Å². The molecular weight excluding hydrogens is 546 g/mol. The highest BCUT2D eigenvalue weighted by atomic mass is 35.5. The number of rotatable bonds is 8. The molecule has 1 aliphatic heterocycles. The first-order valence-corrected chi connectivity index (χ1v) is 11.0. The second-order valence-corrected chi connectivity index (χ2v) is 8.66. The van der Waals surface area contributed by atoms with Gasteiger partial charge in [0, 0.05) is 6.42 Å². The summed E-state index contributed by atoms with van der Waals surface area (Å²) in [6.45, 7) is -0.958. The largest absolute Gasteiger partial charge is 0.479 e. The SMILES string of the molecule is Nc1nc(Cl)nc2c1ncn2C1O[C@H](COC(Cc2cccc(C(F)(F)F)c2)(C(=O)O)C(=O)O)[C@@H](O)[C@@H]1F. The molecule has 4 atom stereocenters. The van der Waals surface area contributed by atoms with E-state index in [1.165, 1.54) is 0 Å². The lowest BCUT2D eigenvalue weighted by Crippen LogP contribution is -2.52. The number of halogens is 5. The topological polar surface area (TPSA) is 183 Å². The fraction of sp³-hybridized carbons (Fsp3) is 0.381. The van der Waals surface area contributed by atoms with Crippen LogP contribution < -0.4 is 5.73 Å². The van der Waals surface area contributed by atoms with Crippen LogP contribution in [-0.2, 0) is 31.7 Å². The van der Waals surface area contributed by atoms with Gasteiger partial charge in [0.05, 0.1) is 18.5 Å². The van der Waals surface area contributed by atoms with Crippen LogP contribution in [0.5, 0.6) is 0 Å². The van der Waals surface area contributed by atoms with E-state index < -0.39 is 66.9 Å². The Balaban J connectivity index is 1.58. The number of nitrogens with two attached hydrogens (primary N) is 1. The quantitative estimate of drug-likeness (QED) is 0.178. The Bertz CT molecular complexity index is 1370. The number of aromatic nitrogens is 4. The Hall–Kier alpha value is -3.60. The van der Waals surface area contributed by atoms with E-state index in [0.717, 1.165) is 29.1 Å². The molecule has 1 saturated heterocycles. The molecule has 0 saturated carbocycles. The van der Waals surface area contributed by atoms with Gasteiger partial charge in [0.1, 0.15) is 17.7 Å². The minimum atomic E-state index is -4.77. The number of alkyl halides is 4. The van der Waals surface area contributed by atoms with Crippen LogP contribution in [0, 0.1) is 0 Å². The van der Waals surface area contributed by atoms with Crippen LogP contribution >= 0.6 is 11.6 Å². The number of imidazole rings is 1. The third kappa shape index (κ3) is 4.94. The highest BCUT2D eigenvalue weighted by molar-refractivity contribution is 6.28. The lowest BCUT2D eigenvalue weighted by molar-refractivity contribution is -0.190. The van der Waals surface area contributed by atoms with Crippen LogP contribution in [0.1, 0.15) is 17.4 Å². The Morgan fingerprint density at radius 1 is 1.21 bits per heavy atom. The Kier molecular flexibility index (Phi) is 7.17. The van der Waals surface area contributed by atoms with E-state index >= 15 is 4.39 Å². The number of aliphatic hydroxyl groups excluding tert-OH is 1. The number of aliphatic hydroxyl groups is 1. The third-order valence-corrected chi connectivity index (χ3v) is 6.05. The first kappa shape index (κ1) is 27.4. The summed E-state index contributed by atoms with van der Waals surface area (Å²) < 4.78 is 65.9. The van der Waals surface area contributed by atoms with Crippen molar-refractivity contribution in [3.05, 3.63) is 47.0 Å². The van der Waals surface area contributed by atoms with Crippen LogP contribution in [0.3, 0.4) is 0 Å². The summed E-state index contributed by atoms with van der Waals surface area (Å²) in [7, 11) is 0. The van der Waals surface area contributed by atoms with E-state index in [9.17, 15) is 38.1 Å². The standard InChI is InChI=1S/C21H18ClF4N5O7/c22-19-29-14(27)12-15(30-19)31(7-28-12)16-11(23)13(32)10(38-16)6-37-20(17(33)34,18(35)36)5-8-2-1-3-9(4-8)21(24,25)26/h1-4,7,10-11,13,16,32H,5-6H2,(H,33,34)(H,35,36)(H2,27,29,30)/t10-,11+,13-,16?/m1/s1. The van der Waals surface area contributed by atoms with Gasteiger partial charge in [0.2, 0.25) is 5.28 Å². The monoisotopic (exact) mass is 563 g/mol. The summed E-state index contributed by atoms with van der Waals surface area (Å²) in [6.07, 6.45) is -12.0. The first-order valence-electron chi connectivity index (χ1n) is 10.6. The average Bonchev–Trinajstić information content (AvgIpc) is 3.37. The number of nitrogens with zero attached hydrogens (tertiary/aromatic N) is 4. The number of fused-ring (bicyclic) bond motifs is 1. The molecule has 4 rings (SSSR count). The molecule has 17 heteroatoms. The number of carboxylic acid groups (broad SMARTS) is 2. The number of hydrogen-bond donors (Lipinski definition) is 4. The maximum atomic E-state index is 15.0. The molecule has 1 aromatic carbocycles. The highest BCUT2D eigenvalue weighted by Crippen LogP contribution is 2.36. The molecule has 2 aromatic heterocycles. The van der Waals surface area contributed by atoms with Crippen molar-refractivity contribution in [3.8, 4) is 0 Å². The fourth-order valence-corrected chi connectivity index (χ4v) is 4.12. The number of anilines is 1. The van der Waals surface area contributed by atoms with Gasteiger partial charge in [-0.25, -0.2) is 19.0 Å². The van der Waals surface area contributed by atoms with Crippen molar-refractivity contribution < 1.29 is 51.9 Å². The van der Waals surface area contributed by atoms with Crippen molar-refractivity contribution >= 4 is 40.5 Å². The zero-order valence-corrected chi connectivity index (χ0v) is 19.6. The molecular formula is C21H18ClF4N5O7. The first-order chi connectivity index (χ1) is 17.7. The number of carboxylic acids is 2. The molecule has 0 radical (unpaired) electrons. The predicted molar refractivity (Wildman–Crippen MR) is 119 cm³/mol. The molecule has 1 unspecified atom stereocenters. The van der Waals surface area contributed by atoms with Crippen LogP contribution in [0.15, 0.2) is 30.6 Å². The minimum Gasteiger partial charge on any atom is -0.479 e. The molecule has 1 aliphatic rings. The maximum absolute atomic E-state index is 15.0. The smallest absolute Gasteiger partial charge is 0.416 e. The predicted octanol–water partition coefficient (Wildman–Crippen LogP) is 1.84. The second kappa shape index (κ2) is 9.94. The molecule has 3 heterocycles. The zero-order chi connectivity index (χ0) is 28.0. The average molecular weight is 564 g/mol. The van der Waals surface area contributed by atoms with Crippen molar-refractivity contribution in [2.75, 3.05) is 12.3 Å². The maximum Gasteiger partial charge on any atom is 0.416 e. The summed E-state index contributed by atoms with van der Waals surface area (Å²) in [6, 6.07) is 3.38. The number of aliphatic carboxylic acids is 2. The Morgan fingerprint density at radius 3 is 2.53 bits per heavy atom. The van der Waals surface area contributed by atoms with Gasteiger partial charge in [-0.05, 0) is 23.2 Å². The van der Waals surface area contributed by atoms with E-state index in [1.54, 1.807) is 0 Å². The van der Waals surface area contributed by atoms with Crippen LogP contribution in [0.4, 0.5) is 23.4 Å². The molecule has 3 aromatic rings. The number of nitrogen functional groups attached to an aromatic ring is 1. The van der Waals surface area contributed by atoms with Gasteiger partial charge in [-0.15, -0.1) is 0 Å². The van der Waals surface area contributed by atoms with Crippen molar-refractivity contribution in [3.63, 3.8) is 0 Å². The summed E-state index contributed by atoms with van der Waals surface area (Å²) in [5.74, 6) is -4.19. The lowest BCUT2D eigenvalue weighted by atomic mass is 9.93.